The topological polar surface area (TPSA) is 104 Å². The Morgan fingerprint density at radius 2 is 1.44 bits per heavy atom. The number of rotatable bonds is 13. The summed E-state index contributed by atoms with van der Waals surface area (Å²) in [4.78, 5) is 48.7. The van der Waals surface area contributed by atoms with Gasteiger partial charge in [-0.1, -0.05) is 51.8 Å². The monoisotopic (exact) mass is 589 g/mol. The SMILES string of the molecule is CC(C)[C@H](NC(=O)CCCCC(=O)[SiH3])C(=O)N[C@@H](C)C(=O)Nc1cc(CBr)cc(CBr)c1. The fraction of sp³-hybridized carbons (Fsp3) is 0.545. The lowest BCUT2D eigenvalue weighted by atomic mass is 10.0. The van der Waals surface area contributed by atoms with Crippen LogP contribution in [0.5, 0.6) is 0 Å². The summed E-state index contributed by atoms with van der Waals surface area (Å²) >= 11 is 6.85. The maximum absolute atomic E-state index is 12.7. The van der Waals surface area contributed by atoms with Gasteiger partial charge >= 0.3 is 0 Å². The van der Waals surface area contributed by atoms with Crippen molar-refractivity contribution < 1.29 is 19.2 Å². The number of nitrogens with one attached hydrogen (secondary N) is 3. The molecule has 3 amide bonds. The first kappa shape index (κ1) is 28.5. The predicted octanol–water partition coefficient (Wildman–Crippen LogP) is 2.51. The molecular formula is C22H33Br2N3O4Si. The van der Waals surface area contributed by atoms with E-state index in [0.29, 0.717) is 45.9 Å². The normalized spacial score (nSPS) is 12.8. The van der Waals surface area contributed by atoms with Crippen LogP contribution in [0.1, 0.15) is 57.6 Å². The van der Waals surface area contributed by atoms with Gasteiger partial charge in [0, 0.05) is 29.2 Å². The number of unbranched alkanes of at least 4 members (excludes halogenated alkanes) is 1. The van der Waals surface area contributed by atoms with E-state index in [1.807, 2.05) is 32.0 Å². The summed E-state index contributed by atoms with van der Waals surface area (Å²) in [5.41, 5.74) is 2.72. The van der Waals surface area contributed by atoms with Crippen molar-refractivity contribution in [3.05, 3.63) is 29.3 Å². The molecule has 32 heavy (non-hydrogen) atoms. The lowest BCUT2D eigenvalue weighted by molar-refractivity contribution is -0.131. The van der Waals surface area contributed by atoms with Crippen molar-refractivity contribution in [2.75, 3.05) is 5.32 Å². The number of anilines is 1. The van der Waals surface area contributed by atoms with Gasteiger partial charge < -0.3 is 20.7 Å². The Hall–Kier alpha value is -1.52. The third-order valence-corrected chi connectivity index (χ3v) is 6.62. The second-order valence-electron chi connectivity index (χ2n) is 8.22. The number of amides is 3. The highest BCUT2D eigenvalue weighted by atomic mass is 79.9. The Kier molecular flexibility index (Phi) is 13.0. The minimum Gasteiger partial charge on any atom is -0.344 e. The van der Waals surface area contributed by atoms with E-state index in [9.17, 15) is 19.2 Å². The van der Waals surface area contributed by atoms with Crippen LogP contribution < -0.4 is 16.0 Å². The first-order chi connectivity index (χ1) is 15.1. The first-order valence-corrected chi connectivity index (χ1v) is 14.0. The fourth-order valence-electron chi connectivity index (χ4n) is 3.05. The molecule has 178 valence electrons. The summed E-state index contributed by atoms with van der Waals surface area (Å²) in [6.07, 6.45) is 2.06. The molecule has 0 unspecified atom stereocenters. The number of halogens is 2. The van der Waals surface area contributed by atoms with Crippen molar-refractivity contribution >= 4 is 70.9 Å². The van der Waals surface area contributed by atoms with Crippen molar-refractivity contribution in [2.45, 2.75) is 69.2 Å². The Morgan fingerprint density at radius 1 is 0.875 bits per heavy atom. The van der Waals surface area contributed by atoms with Gasteiger partial charge in [0.15, 0.2) is 0 Å². The Labute approximate surface area is 209 Å². The van der Waals surface area contributed by atoms with Gasteiger partial charge in [-0.2, -0.15) is 0 Å². The zero-order valence-electron chi connectivity index (χ0n) is 19.1. The second-order valence-corrected chi connectivity index (χ2v) is 10.5. The Morgan fingerprint density at radius 3 is 1.94 bits per heavy atom. The molecule has 0 aliphatic heterocycles. The van der Waals surface area contributed by atoms with E-state index >= 15 is 0 Å². The maximum Gasteiger partial charge on any atom is 0.246 e. The highest BCUT2D eigenvalue weighted by molar-refractivity contribution is 9.08. The summed E-state index contributed by atoms with van der Waals surface area (Å²) in [7, 11) is 0.533. The number of hydrogen-bond donors (Lipinski definition) is 3. The molecular weight excluding hydrogens is 558 g/mol. The van der Waals surface area contributed by atoms with Crippen molar-refractivity contribution in [2.24, 2.45) is 5.92 Å². The number of alkyl halides is 2. The van der Waals surface area contributed by atoms with Gasteiger partial charge in [0.05, 0.1) is 10.2 Å². The van der Waals surface area contributed by atoms with Crippen LogP contribution in [-0.2, 0) is 29.8 Å². The minimum atomic E-state index is -0.777. The molecule has 7 nitrogen and oxygen atoms in total. The maximum atomic E-state index is 12.7. The molecule has 0 radical (unpaired) electrons. The number of carbonyl (C=O) groups excluding carboxylic acids is 4. The van der Waals surface area contributed by atoms with Crippen molar-refractivity contribution in [1.29, 1.82) is 0 Å². The Bertz CT molecular complexity index is 798. The van der Waals surface area contributed by atoms with E-state index in [4.69, 9.17) is 0 Å². The molecule has 0 fully saturated rings. The molecule has 3 N–H and O–H groups in total. The molecule has 1 rings (SSSR count). The summed E-state index contributed by atoms with van der Waals surface area (Å²) in [5, 5.41) is 9.86. The van der Waals surface area contributed by atoms with Crippen LogP contribution in [-0.4, -0.2) is 45.5 Å². The van der Waals surface area contributed by atoms with Crippen LogP contribution >= 0.6 is 31.9 Å². The quantitative estimate of drug-likeness (QED) is 0.186. The van der Waals surface area contributed by atoms with Gasteiger partial charge in [-0.05, 0) is 48.9 Å². The lowest BCUT2D eigenvalue weighted by Gasteiger charge is -2.24. The van der Waals surface area contributed by atoms with Crippen LogP contribution in [0.3, 0.4) is 0 Å². The zero-order valence-corrected chi connectivity index (χ0v) is 24.3. The third kappa shape index (κ3) is 10.4. The van der Waals surface area contributed by atoms with E-state index < -0.39 is 18.0 Å². The van der Waals surface area contributed by atoms with Gasteiger partial charge in [0.25, 0.3) is 0 Å². The van der Waals surface area contributed by atoms with E-state index in [-0.39, 0.29) is 29.6 Å². The number of benzene rings is 1. The molecule has 0 heterocycles. The molecule has 0 bridgehead atoms. The smallest absolute Gasteiger partial charge is 0.246 e. The van der Waals surface area contributed by atoms with Crippen molar-refractivity contribution in [3.63, 3.8) is 0 Å². The summed E-state index contributed by atoms with van der Waals surface area (Å²) in [5.74, 6) is -1.12. The van der Waals surface area contributed by atoms with Crippen molar-refractivity contribution in [1.82, 2.24) is 10.6 Å². The van der Waals surface area contributed by atoms with E-state index in [2.05, 4.69) is 47.8 Å². The average molecular weight is 591 g/mol. The Balaban J connectivity index is 2.67. The summed E-state index contributed by atoms with van der Waals surface area (Å²) < 4.78 is 0. The predicted molar refractivity (Wildman–Crippen MR) is 138 cm³/mol. The lowest BCUT2D eigenvalue weighted by Crippen LogP contribution is -2.53. The summed E-state index contributed by atoms with van der Waals surface area (Å²) in [6.45, 7) is 5.28. The first-order valence-electron chi connectivity index (χ1n) is 10.7. The summed E-state index contributed by atoms with van der Waals surface area (Å²) in [6, 6.07) is 4.26. The number of carbonyl (C=O) groups is 4. The van der Waals surface area contributed by atoms with Crippen LogP contribution in [0.25, 0.3) is 0 Å². The molecule has 10 heteroatoms. The molecule has 1 aromatic carbocycles. The van der Waals surface area contributed by atoms with Crippen molar-refractivity contribution in [3.8, 4) is 0 Å². The third-order valence-electron chi connectivity index (χ3n) is 4.83. The zero-order chi connectivity index (χ0) is 24.3. The van der Waals surface area contributed by atoms with E-state index in [1.165, 1.54) is 0 Å². The molecule has 2 atom stereocenters. The average Bonchev–Trinajstić information content (AvgIpc) is 2.74. The van der Waals surface area contributed by atoms with Gasteiger partial charge in [-0.25, -0.2) is 0 Å². The molecule has 0 aromatic heterocycles. The van der Waals surface area contributed by atoms with Gasteiger partial charge in [0.2, 0.25) is 17.7 Å². The second kappa shape index (κ2) is 14.6. The molecule has 0 spiro atoms. The van der Waals surface area contributed by atoms with Crippen LogP contribution in [0, 0.1) is 5.92 Å². The number of hydrogen-bond acceptors (Lipinski definition) is 4. The van der Waals surface area contributed by atoms with Gasteiger partial charge in [-0.3, -0.25) is 14.4 Å². The highest BCUT2D eigenvalue weighted by Gasteiger charge is 2.27. The van der Waals surface area contributed by atoms with Gasteiger partial charge in [0.1, 0.15) is 17.5 Å². The largest absolute Gasteiger partial charge is 0.344 e. The van der Waals surface area contributed by atoms with Crippen LogP contribution in [0.2, 0.25) is 0 Å². The van der Waals surface area contributed by atoms with Crippen LogP contribution in [0.15, 0.2) is 18.2 Å². The van der Waals surface area contributed by atoms with Gasteiger partial charge in [-0.15, -0.1) is 0 Å². The fourth-order valence-corrected chi connectivity index (χ4v) is 4.05. The van der Waals surface area contributed by atoms with E-state index in [1.54, 1.807) is 6.92 Å². The molecule has 0 aliphatic rings. The molecule has 1 aromatic rings. The molecule has 0 aliphatic carbocycles. The van der Waals surface area contributed by atoms with E-state index in [0.717, 1.165) is 11.1 Å². The molecule has 0 saturated heterocycles. The van der Waals surface area contributed by atoms with Crippen LogP contribution in [0.4, 0.5) is 5.69 Å². The standard InChI is InChI=1S/C22H33Br2N3O4Si/c1-13(2)20(27-18(28)6-4-5-7-19(29)32)22(31)25-14(3)21(30)26-17-9-15(11-23)8-16(10-17)12-24/h8-10,13-14,20H,4-7,11-12H2,1-3,32H3,(H,25,31)(H,26,30)(H,27,28)/t14-,20-/m0/s1. The molecule has 0 saturated carbocycles. The highest BCUT2D eigenvalue weighted by Crippen LogP contribution is 2.19. The minimum absolute atomic E-state index is 0.144.